The molecule has 0 saturated heterocycles. The van der Waals surface area contributed by atoms with E-state index in [1.54, 1.807) is 12.4 Å². The molecule has 0 unspecified atom stereocenters. The minimum atomic E-state index is 0.0762. The maximum absolute atomic E-state index is 5.96. The highest BCUT2D eigenvalue weighted by Crippen LogP contribution is 2.35. The third-order valence-electron chi connectivity index (χ3n) is 3.09. The van der Waals surface area contributed by atoms with Crippen LogP contribution >= 0.6 is 0 Å². The van der Waals surface area contributed by atoms with Crippen LogP contribution in [0, 0.1) is 0 Å². The summed E-state index contributed by atoms with van der Waals surface area (Å²) in [6.07, 6.45) is 4.46. The Hall–Kier alpha value is -2.10. The Bertz CT molecular complexity index is 534. The van der Waals surface area contributed by atoms with Gasteiger partial charge in [-0.2, -0.15) is 0 Å². The summed E-state index contributed by atoms with van der Waals surface area (Å²) >= 11 is 0. The zero-order chi connectivity index (χ0) is 13.2. The summed E-state index contributed by atoms with van der Waals surface area (Å²) in [5.74, 6) is 1.51. The molecule has 0 saturated carbocycles. The highest BCUT2D eigenvalue weighted by Gasteiger charge is 2.21. The van der Waals surface area contributed by atoms with E-state index in [4.69, 9.17) is 9.47 Å². The van der Waals surface area contributed by atoms with Crippen LogP contribution in [-0.4, -0.2) is 22.2 Å². The molecule has 0 fully saturated rings. The monoisotopic (exact) mass is 256 g/mol. The van der Waals surface area contributed by atoms with Crippen molar-refractivity contribution in [1.29, 1.82) is 0 Å². The minimum Gasteiger partial charge on any atom is -0.488 e. The van der Waals surface area contributed by atoms with Gasteiger partial charge in [0.05, 0.1) is 12.2 Å². The van der Waals surface area contributed by atoms with Gasteiger partial charge in [-0.25, -0.2) is 0 Å². The van der Waals surface area contributed by atoms with Crippen LogP contribution in [0.25, 0.3) is 11.4 Å². The molecule has 2 aromatic rings. The molecule has 4 heteroatoms. The fourth-order valence-electron chi connectivity index (χ4n) is 2.32. The Kier molecular flexibility index (Phi) is 3.07. The minimum absolute atomic E-state index is 0.0762. The van der Waals surface area contributed by atoms with Gasteiger partial charge < -0.3 is 9.47 Å². The van der Waals surface area contributed by atoms with Gasteiger partial charge >= 0.3 is 0 Å². The third kappa shape index (κ3) is 2.38. The van der Waals surface area contributed by atoms with Crippen molar-refractivity contribution in [3.63, 3.8) is 0 Å². The van der Waals surface area contributed by atoms with E-state index in [2.05, 4.69) is 9.97 Å². The SMILES string of the molecule is C[C@@H]1C[C@@H](C)Oc2cccnc2-c2ncccc2O1. The zero-order valence-electron chi connectivity index (χ0n) is 11.0. The molecule has 0 spiro atoms. The van der Waals surface area contributed by atoms with Crippen molar-refractivity contribution in [2.24, 2.45) is 0 Å². The molecule has 2 atom stereocenters. The molecule has 0 bridgehead atoms. The first kappa shape index (κ1) is 12.0. The largest absolute Gasteiger partial charge is 0.488 e. The Morgan fingerprint density at radius 3 is 1.84 bits per heavy atom. The molecule has 1 aliphatic rings. The second kappa shape index (κ2) is 4.88. The maximum Gasteiger partial charge on any atom is 0.147 e. The van der Waals surface area contributed by atoms with E-state index < -0.39 is 0 Å². The molecule has 0 aromatic carbocycles. The van der Waals surface area contributed by atoms with E-state index >= 15 is 0 Å². The first-order valence-electron chi connectivity index (χ1n) is 6.48. The summed E-state index contributed by atoms with van der Waals surface area (Å²) in [6.45, 7) is 4.08. The van der Waals surface area contributed by atoms with Gasteiger partial charge in [0.2, 0.25) is 0 Å². The van der Waals surface area contributed by atoms with Crippen LogP contribution in [-0.2, 0) is 0 Å². The van der Waals surface area contributed by atoms with Gasteiger partial charge in [0.15, 0.2) is 0 Å². The number of rotatable bonds is 0. The van der Waals surface area contributed by atoms with Crippen LogP contribution in [0.15, 0.2) is 36.7 Å². The van der Waals surface area contributed by atoms with Gasteiger partial charge in [-0.3, -0.25) is 9.97 Å². The number of hydrogen-bond acceptors (Lipinski definition) is 4. The number of pyridine rings is 2. The van der Waals surface area contributed by atoms with Crippen LogP contribution in [0.5, 0.6) is 11.5 Å². The first-order chi connectivity index (χ1) is 9.24. The highest BCUT2D eigenvalue weighted by atomic mass is 16.5. The lowest BCUT2D eigenvalue weighted by atomic mass is 10.2. The number of ether oxygens (including phenoxy) is 2. The Morgan fingerprint density at radius 2 is 1.37 bits per heavy atom. The van der Waals surface area contributed by atoms with Crippen molar-refractivity contribution in [2.45, 2.75) is 32.5 Å². The van der Waals surface area contributed by atoms with Crippen molar-refractivity contribution in [3.05, 3.63) is 36.7 Å². The molecule has 19 heavy (non-hydrogen) atoms. The highest BCUT2D eigenvalue weighted by molar-refractivity contribution is 5.68. The lowest BCUT2D eigenvalue weighted by molar-refractivity contribution is 0.134. The molecule has 98 valence electrons. The fraction of sp³-hybridized carbons (Fsp3) is 0.333. The average molecular weight is 256 g/mol. The average Bonchev–Trinajstić information content (AvgIpc) is 2.44. The normalized spacial score (nSPS) is 21.8. The third-order valence-corrected chi connectivity index (χ3v) is 3.09. The summed E-state index contributed by atoms with van der Waals surface area (Å²) in [6, 6.07) is 7.59. The summed E-state index contributed by atoms with van der Waals surface area (Å²) < 4.78 is 11.9. The standard InChI is InChI=1S/C15H16N2O2/c1-10-9-11(2)19-13-6-4-8-17-15(13)14-12(18-10)5-3-7-16-14/h3-8,10-11H,9H2,1-2H3/t10-,11-/m1/s1. The molecule has 0 radical (unpaired) electrons. The van der Waals surface area contributed by atoms with Crippen LogP contribution in [0.4, 0.5) is 0 Å². The lowest BCUT2D eigenvalue weighted by Gasteiger charge is -2.18. The van der Waals surface area contributed by atoms with Gasteiger partial charge in [0.1, 0.15) is 22.9 Å². The van der Waals surface area contributed by atoms with Crippen molar-refractivity contribution in [1.82, 2.24) is 9.97 Å². The van der Waals surface area contributed by atoms with Crippen molar-refractivity contribution in [3.8, 4) is 22.9 Å². The molecular weight excluding hydrogens is 240 g/mol. The molecule has 2 aromatic heterocycles. The van der Waals surface area contributed by atoms with Gasteiger partial charge in [-0.1, -0.05) is 0 Å². The Morgan fingerprint density at radius 1 is 0.895 bits per heavy atom. The van der Waals surface area contributed by atoms with Crippen LogP contribution < -0.4 is 9.47 Å². The smallest absolute Gasteiger partial charge is 0.147 e. The summed E-state index contributed by atoms with van der Waals surface area (Å²) in [7, 11) is 0. The second-order valence-electron chi connectivity index (χ2n) is 4.79. The van der Waals surface area contributed by atoms with Gasteiger partial charge in [-0.05, 0) is 38.1 Å². The zero-order valence-corrected chi connectivity index (χ0v) is 11.0. The number of fused-ring (bicyclic) bond motifs is 3. The molecule has 0 amide bonds. The predicted octanol–water partition coefficient (Wildman–Crippen LogP) is 3.08. The summed E-state index contributed by atoms with van der Waals surface area (Å²) in [5, 5.41) is 0. The van der Waals surface area contributed by atoms with Crippen LogP contribution in [0.3, 0.4) is 0 Å². The molecule has 3 rings (SSSR count). The van der Waals surface area contributed by atoms with Crippen molar-refractivity contribution >= 4 is 0 Å². The molecule has 0 aliphatic carbocycles. The Labute approximate surface area is 112 Å². The topological polar surface area (TPSA) is 44.2 Å². The van der Waals surface area contributed by atoms with Crippen LogP contribution in [0.1, 0.15) is 20.3 Å². The number of nitrogens with zero attached hydrogens (tertiary/aromatic N) is 2. The van der Waals surface area contributed by atoms with Crippen LogP contribution in [0.2, 0.25) is 0 Å². The van der Waals surface area contributed by atoms with E-state index in [0.717, 1.165) is 29.3 Å². The quantitative estimate of drug-likeness (QED) is 0.726. The molecule has 1 aliphatic heterocycles. The van der Waals surface area contributed by atoms with E-state index in [0.29, 0.717) is 0 Å². The number of aromatic nitrogens is 2. The molecular formula is C15H16N2O2. The summed E-state index contributed by atoms with van der Waals surface area (Å²) in [4.78, 5) is 8.79. The molecule has 3 heterocycles. The Balaban J connectivity index is 2.17. The number of hydrogen-bond donors (Lipinski definition) is 0. The van der Waals surface area contributed by atoms with Gasteiger partial charge in [0, 0.05) is 18.8 Å². The fourth-order valence-corrected chi connectivity index (χ4v) is 2.32. The van der Waals surface area contributed by atoms with Gasteiger partial charge in [-0.15, -0.1) is 0 Å². The van der Waals surface area contributed by atoms with Crippen molar-refractivity contribution in [2.75, 3.05) is 0 Å². The second-order valence-corrected chi connectivity index (χ2v) is 4.79. The summed E-state index contributed by atoms with van der Waals surface area (Å²) in [5.41, 5.74) is 1.47. The van der Waals surface area contributed by atoms with E-state index in [9.17, 15) is 0 Å². The molecule has 0 N–H and O–H groups in total. The van der Waals surface area contributed by atoms with E-state index in [-0.39, 0.29) is 12.2 Å². The molecule has 4 nitrogen and oxygen atoms in total. The maximum atomic E-state index is 5.96. The van der Waals surface area contributed by atoms with E-state index in [1.807, 2.05) is 38.1 Å². The van der Waals surface area contributed by atoms with Crippen molar-refractivity contribution < 1.29 is 9.47 Å². The van der Waals surface area contributed by atoms with Gasteiger partial charge in [0.25, 0.3) is 0 Å². The first-order valence-corrected chi connectivity index (χ1v) is 6.48. The predicted molar refractivity (Wildman–Crippen MR) is 72.3 cm³/mol. The lowest BCUT2D eigenvalue weighted by Crippen LogP contribution is -2.22. The van der Waals surface area contributed by atoms with E-state index in [1.165, 1.54) is 0 Å².